The van der Waals surface area contributed by atoms with Crippen LogP contribution >= 0.6 is 0 Å². The lowest BCUT2D eigenvalue weighted by Crippen LogP contribution is -2.31. The minimum Gasteiger partial charge on any atom is -0.480 e. The van der Waals surface area contributed by atoms with Crippen LogP contribution in [0.15, 0.2) is 16.9 Å². The molecular weight excluding hydrogens is 434 g/mol. The molecule has 32 heavy (non-hydrogen) atoms. The van der Waals surface area contributed by atoms with E-state index < -0.39 is 30.1 Å². The van der Waals surface area contributed by atoms with Gasteiger partial charge in [0.15, 0.2) is 24.0 Å². The molecule has 0 radical (unpaired) electrons. The van der Waals surface area contributed by atoms with Crippen LogP contribution in [0.4, 0.5) is 17.6 Å². The topological polar surface area (TPSA) is 67.5 Å². The molecule has 0 saturated carbocycles. The number of ether oxygens (including phenoxy) is 3. The molecule has 1 saturated heterocycles. The van der Waals surface area contributed by atoms with E-state index in [-0.39, 0.29) is 36.0 Å². The summed E-state index contributed by atoms with van der Waals surface area (Å²) in [6, 6.07) is 1.77. The zero-order valence-electron chi connectivity index (χ0n) is 17.6. The molecule has 3 rings (SSSR count). The van der Waals surface area contributed by atoms with E-state index in [1.54, 1.807) is 6.92 Å². The third-order valence-corrected chi connectivity index (χ3v) is 4.99. The van der Waals surface area contributed by atoms with Gasteiger partial charge in [0.1, 0.15) is 18.0 Å². The summed E-state index contributed by atoms with van der Waals surface area (Å²) in [5, 5.41) is 4.14. The Morgan fingerprint density at radius 1 is 1.38 bits per heavy atom. The minimum absolute atomic E-state index is 0.0563. The number of aromatic nitrogens is 3. The Morgan fingerprint density at radius 2 is 2.12 bits per heavy atom. The Kier molecular flexibility index (Phi) is 7.26. The third-order valence-electron chi connectivity index (χ3n) is 4.99. The van der Waals surface area contributed by atoms with Crippen molar-refractivity contribution >= 4 is 0 Å². The normalized spacial score (nSPS) is 17.7. The van der Waals surface area contributed by atoms with Crippen LogP contribution in [0.25, 0.3) is 5.69 Å². The number of nitrogens with zero attached hydrogens (tertiary/aromatic N) is 3. The molecule has 0 spiro atoms. The van der Waals surface area contributed by atoms with E-state index in [0.717, 1.165) is 36.6 Å². The highest BCUT2D eigenvalue weighted by Crippen LogP contribution is 2.30. The van der Waals surface area contributed by atoms with Crippen molar-refractivity contribution in [2.24, 2.45) is 0 Å². The van der Waals surface area contributed by atoms with Crippen molar-refractivity contribution in [2.75, 3.05) is 6.61 Å². The van der Waals surface area contributed by atoms with Crippen molar-refractivity contribution in [3.8, 4) is 23.8 Å². The molecule has 1 unspecified atom stereocenters. The zero-order chi connectivity index (χ0) is 23.5. The standard InChI is InChI=1S/C21H23F4N3O4/c1-4-14-10-15(22)16(11-17(14)32-13(3)21(23,24)25)28-20(29)27(5-2)18(26-28)12-31-19-8-6-7-9-30-19/h1,10-11,13,19H,5-9,12H2,2-3H3/t13-,19?/m0/s1. The molecule has 0 N–H and O–H groups in total. The summed E-state index contributed by atoms with van der Waals surface area (Å²) in [7, 11) is 0. The van der Waals surface area contributed by atoms with Gasteiger partial charge in [-0.3, -0.25) is 4.57 Å². The van der Waals surface area contributed by atoms with Crippen molar-refractivity contribution in [3.63, 3.8) is 0 Å². The first-order valence-corrected chi connectivity index (χ1v) is 10.1. The molecule has 1 fully saturated rings. The fourth-order valence-electron chi connectivity index (χ4n) is 3.20. The summed E-state index contributed by atoms with van der Waals surface area (Å²) in [5.41, 5.74) is -1.29. The van der Waals surface area contributed by atoms with Gasteiger partial charge in [0, 0.05) is 19.2 Å². The minimum atomic E-state index is -4.66. The quantitative estimate of drug-likeness (QED) is 0.470. The molecular formula is C21H23F4N3O4. The number of terminal acetylenes is 1. The van der Waals surface area contributed by atoms with Gasteiger partial charge < -0.3 is 14.2 Å². The summed E-state index contributed by atoms with van der Waals surface area (Å²) in [6.07, 6.45) is 0.604. The number of rotatable bonds is 7. The van der Waals surface area contributed by atoms with Crippen molar-refractivity contribution < 1.29 is 31.8 Å². The van der Waals surface area contributed by atoms with Crippen LogP contribution in [0.2, 0.25) is 0 Å². The van der Waals surface area contributed by atoms with E-state index in [0.29, 0.717) is 13.0 Å². The van der Waals surface area contributed by atoms with E-state index in [1.807, 2.05) is 0 Å². The molecule has 0 amide bonds. The van der Waals surface area contributed by atoms with Gasteiger partial charge in [0.05, 0.1) is 5.56 Å². The molecule has 7 nitrogen and oxygen atoms in total. The monoisotopic (exact) mass is 457 g/mol. The maximum atomic E-state index is 14.7. The lowest BCUT2D eigenvalue weighted by Gasteiger charge is -2.22. The van der Waals surface area contributed by atoms with Gasteiger partial charge >= 0.3 is 11.9 Å². The maximum absolute atomic E-state index is 14.7. The smallest absolute Gasteiger partial charge is 0.425 e. The van der Waals surface area contributed by atoms with Crippen LogP contribution in [0, 0.1) is 18.2 Å². The van der Waals surface area contributed by atoms with Gasteiger partial charge in [0.25, 0.3) is 0 Å². The predicted octanol–water partition coefficient (Wildman–Crippen LogP) is 3.55. The number of alkyl halides is 3. The second-order valence-corrected chi connectivity index (χ2v) is 7.21. The van der Waals surface area contributed by atoms with E-state index in [1.165, 1.54) is 4.57 Å². The van der Waals surface area contributed by atoms with Crippen molar-refractivity contribution in [1.82, 2.24) is 14.3 Å². The Hall–Kier alpha value is -2.84. The molecule has 1 aromatic carbocycles. The first kappa shape index (κ1) is 23.8. The van der Waals surface area contributed by atoms with E-state index in [9.17, 15) is 22.4 Å². The van der Waals surface area contributed by atoms with Gasteiger partial charge in [-0.25, -0.2) is 9.18 Å². The molecule has 1 aliphatic heterocycles. The van der Waals surface area contributed by atoms with Crippen LogP contribution in [0.1, 0.15) is 44.5 Å². The number of hydrogen-bond donors (Lipinski definition) is 0. The van der Waals surface area contributed by atoms with Crippen LogP contribution in [-0.2, 0) is 22.6 Å². The zero-order valence-corrected chi connectivity index (χ0v) is 17.6. The van der Waals surface area contributed by atoms with Gasteiger partial charge in [0.2, 0.25) is 0 Å². The van der Waals surface area contributed by atoms with Crippen LogP contribution < -0.4 is 10.4 Å². The number of halogens is 4. The van der Waals surface area contributed by atoms with Crippen LogP contribution in [0.3, 0.4) is 0 Å². The summed E-state index contributed by atoms with van der Waals surface area (Å²) in [4.78, 5) is 12.8. The molecule has 0 aliphatic carbocycles. The van der Waals surface area contributed by atoms with Crippen molar-refractivity contribution in [2.45, 2.75) is 64.8 Å². The van der Waals surface area contributed by atoms with Crippen molar-refractivity contribution in [3.05, 3.63) is 39.8 Å². The molecule has 2 atom stereocenters. The van der Waals surface area contributed by atoms with E-state index in [2.05, 4.69) is 11.0 Å². The van der Waals surface area contributed by atoms with E-state index >= 15 is 0 Å². The second-order valence-electron chi connectivity index (χ2n) is 7.21. The molecule has 0 bridgehead atoms. The Labute approximate surface area is 181 Å². The fraction of sp³-hybridized carbons (Fsp3) is 0.524. The molecule has 1 aliphatic rings. The average molecular weight is 457 g/mol. The lowest BCUT2D eigenvalue weighted by atomic mass is 10.1. The van der Waals surface area contributed by atoms with Crippen molar-refractivity contribution in [1.29, 1.82) is 0 Å². The highest BCUT2D eigenvalue weighted by Gasteiger charge is 2.38. The Morgan fingerprint density at radius 3 is 2.72 bits per heavy atom. The van der Waals surface area contributed by atoms with Crippen LogP contribution in [0.5, 0.6) is 5.75 Å². The molecule has 174 valence electrons. The number of benzene rings is 1. The first-order chi connectivity index (χ1) is 15.2. The summed E-state index contributed by atoms with van der Waals surface area (Å²) in [6.45, 7) is 3.24. The van der Waals surface area contributed by atoms with Crippen LogP contribution in [-0.4, -0.2) is 39.5 Å². The maximum Gasteiger partial charge on any atom is 0.425 e. The number of hydrogen-bond acceptors (Lipinski definition) is 5. The molecule has 2 aromatic rings. The lowest BCUT2D eigenvalue weighted by molar-refractivity contribution is -0.189. The molecule has 2 heterocycles. The largest absolute Gasteiger partial charge is 0.480 e. The molecule has 1 aromatic heterocycles. The summed E-state index contributed by atoms with van der Waals surface area (Å²) >= 11 is 0. The fourth-order valence-corrected chi connectivity index (χ4v) is 3.20. The van der Waals surface area contributed by atoms with Gasteiger partial charge in [-0.2, -0.15) is 17.9 Å². The first-order valence-electron chi connectivity index (χ1n) is 10.1. The second kappa shape index (κ2) is 9.75. The summed E-state index contributed by atoms with van der Waals surface area (Å²) < 4.78 is 71.6. The Bertz CT molecular complexity index is 1050. The van der Waals surface area contributed by atoms with Gasteiger partial charge in [-0.15, -0.1) is 11.5 Å². The van der Waals surface area contributed by atoms with Gasteiger partial charge in [-0.1, -0.05) is 5.92 Å². The van der Waals surface area contributed by atoms with E-state index in [4.69, 9.17) is 20.6 Å². The summed E-state index contributed by atoms with van der Waals surface area (Å²) in [5.74, 6) is 0.989. The highest BCUT2D eigenvalue weighted by molar-refractivity contribution is 5.52. The predicted molar refractivity (Wildman–Crippen MR) is 106 cm³/mol. The SMILES string of the molecule is C#Cc1cc(F)c(-n2nc(COC3CCCCO3)n(CC)c2=O)cc1O[C@@H](C)C(F)(F)F. The Balaban J connectivity index is 1.96. The third kappa shape index (κ3) is 5.14. The highest BCUT2D eigenvalue weighted by atomic mass is 19.4. The van der Waals surface area contributed by atoms with Gasteiger partial charge in [-0.05, 0) is 39.2 Å². The molecule has 11 heteroatoms. The average Bonchev–Trinajstić information content (AvgIpc) is 3.08.